The molecule has 0 fully saturated rings. The number of aryl methyl sites for hydroxylation is 5. The van der Waals surface area contributed by atoms with Gasteiger partial charge in [0, 0.05) is 16.8 Å². The van der Waals surface area contributed by atoms with Crippen LogP contribution < -0.4 is 4.90 Å². The van der Waals surface area contributed by atoms with E-state index in [1.807, 2.05) is 18.2 Å². The summed E-state index contributed by atoms with van der Waals surface area (Å²) in [6.07, 6.45) is 0.879. The molecule has 0 saturated heterocycles. The zero-order valence-electron chi connectivity index (χ0n) is 39.1. The fraction of sp³-hybridized carbons (Fsp3) is 0.0909. The zero-order chi connectivity index (χ0) is 45.9. The molecule has 0 aromatic heterocycles. The number of para-hydroxylation sites is 1. The van der Waals surface area contributed by atoms with Gasteiger partial charge >= 0.3 is 0 Å². The van der Waals surface area contributed by atoms with Gasteiger partial charge in [-0.05, 0) is 173 Å². The minimum absolute atomic E-state index is 0.879. The Labute approximate surface area is 397 Å². The van der Waals surface area contributed by atoms with E-state index < -0.39 is 0 Å². The molecule has 1 aliphatic heterocycles. The van der Waals surface area contributed by atoms with E-state index in [0.717, 1.165) is 6.42 Å². The molecule has 11 rings (SSSR count). The smallest absolute Gasteiger partial charge is 0.0541 e. The second kappa shape index (κ2) is 18.8. The van der Waals surface area contributed by atoms with Crippen LogP contribution in [0.3, 0.4) is 0 Å². The SMILES string of the molecule is Cc1ccccc1.Cc1ccccc1-c1cc(-c2ccc3c(c2)-c2ccccc2-c2cc(-c4ccc(Cc5ccccc5)c(-c5ccccc5C)c4)ccc2N3c2ccccc2C)ccc1C. The van der Waals surface area contributed by atoms with Gasteiger partial charge in [0.25, 0.3) is 0 Å². The van der Waals surface area contributed by atoms with E-state index in [9.17, 15) is 0 Å². The first-order valence-electron chi connectivity index (χ1n) is 23.5. The van der Waals surface area contributed by atoms with Crippen LogP contribution in [0.25, 0.3) is 66.8 Å². The summed E-state index contributed by atoms with van der Waals surface area (Å²) in [4.78, 5) is 2.49. The lowest BCUT2D eigenvalue weighted by Crippen LogP contribution is -2.12. The number of rotatable bonds is 7. The van der Waals surface area contributed by atoms with Crippen LogP contribution >= 0.6 is 0 Å². The van der Waals surface area contributed by atoms with Crippen LogP contribution in [0.4, 0.5) is 17.1 Å². The van der Waals surface area contributed by atoms with Crippen molar-refractivity contribution in [3.05, 3.63) is 269 Å². The molecule has 0 aliphatic carbocycles. The van der Waals surface area contributed by atoms with Gasteiger partial charge in [0.2, 0.25) is 0 Å². The van der Waals surface area contributed by atoms with Gasteiger partial charge < -0.3 is 4.90 Å². The maximum absolute atomic E-state index is 2.49. The average Bonchev–Trinajstić information content (AvgIpc) is 3.48. The molecule has 1 heteroatoms. The lowest BCUT2D eigenvalue weighted by Gasteiger charge is -2.29. The highest BCUT2D eigenvalue weighted by Crippen LogP contribution is 2.53. The molecular weight excluding hydrogens is 807 g/mol. The topological polar surface area (TPSA) is 3.24 Å². The van der Waals surface area contributed by atoms with Crippen molar-refractivity contribution in [1.29, 1.82) is 0 Å². The van der Waals surface area contributed by atoms with Gasteiger partial charge in [-0.2, -0.15) is 0 Å². The van der Waals surface area contributed by atoms with E-state index in [1.54, 1.807) is 0 Å². The third-order valence-corrected chi connectivity index (χ3v) is 13.4. The fourth-order valence-corrected chi connectivity index (χ4v) is 9.76. The van der Waals surface area contributed by atoms with E-state index >= 15 is 0 Å². The number of hydrogen-bond acceptors (Lipinski definition) is 1. The Balaban J connectivity index is 0.000000689. The maximum Gasteiger partial charge on any atom is 0.0541 e. The Hall–Kier alpha value is -8.00. The zero-order valence-corrected chi connectivity index (χ0v) is 39.1. The van der Waals surface area contributed by atoms with Crippen molar-refractivity contribution < 1.29 is 0 Å². The largest absolute Gasteiger partial charge is 0.309 e. The fourth-order valence-electron chi connectivity index (χ4n) is 9.76. The van der Waals surface area contributed by atoms with Crippen molar-refractivity contribution in [2.24, 2.45) is 0 Å². The van der Waals surface area contributed by atoms with Crippen LogP contribution in [0, 0.1) is 34.6 Å². The lowest BCUT2D eigenvalue weighted by molar-refractivity contribution is 1.19. The minimum Gasteiger partial charge on any atom is -0.309 e. The van der Waals surface area contributed by atoms with Gasteiger partial charge in [0.05, 0.1) is 11.4 Å². The number of benzene rings is 10. The van der Waals surface area contributed by atoms with E-state index in [1.165, 1.54) is 123 Å². The summed E-state index contributed by atoms with van der Waals surface area (Å²) in [5, 5.41) is 0. The summed E-state index contributed by atoms with van der Waals surface area (Å²) in [5.74, 6) is 0. The van der Waals surface area contributed by atoms with Crippen molar-refractivity contribution in [3.63, 3.8) is 0 Å². The van der Waals surface area contributed by atoms with Crippen LogP contribution in [-0.2, 0) is 6.42 Å². The Morgan fingerprint density at radius 2 is 0.672 bits per heavy atom. The van der Waals surface area contributed by atoms with Crippen molar-refractivity contribution >= 4 is 17.1 Å². The third kappa shape index (κ3) is 8.77. The summed E-state index contributed by atoms with van der Waals surface area (Å²) >= 11 is 0. The monoisotopic (exact) mass is 861 g/mol. The third-order valence-electron chi connectivity index (χ3n) is 13.4. The van der Waals surface area contributed by atoms with E-state index in [-0.39, 0.29) is 0 Å². The summed E-state index contributed by atoms with van der Waals surface area (Å²) in [7, 11) is 0. The average molecular weight is 862 g/mol. The normalized spacial score (nSPS) is 11.4. The van der Waals surface area contributed by atoms with Gasteiger partial charge in [-0.15, -0.1) is 0 Å². The summed E-state index contributed by atoms with van der Waals surface area (Å²) in [6.45, 7) is 10.9. The van der Waals surface area contributed by atoms with Gasteiger partial charge in [-0.25, -0.2) is 0 Å². The summed E-state index contributed by atoms with van der Waals surface area (Å²) < 4.78 is 0. The van der Waals surface area contributed by atoms with E-state index in [2.05, 4.69) is 252 Å². The molecular formula is C66H55N. The Morgan fingerprint density at radius 1 is 0.269 bits per heavy atom. The highest BCUT2D eigenvalue weighted by molar-refractivity contribution is 6.04. The first-order valence-corrected chi connectivity index (χ1v) is 23.5. The van der Waals surface area contributed by atoms with E-state index in [0.29, 0.717) is 0 Å². The van der Waals surface area contributed by atoms with Crippen molar-refractivity contribution in [1.82, 2.24) is 0 Å². The molecule has 0 saturated carbocycles. The molecule has 1 nitrogen and oxygen atoms in total. The molecule has 324 valence electrons. The molecule has 10 aromatic carbocycles. The second-order valence-electron chi connectivity index (χ2n) is 18.0. The standard InChI is InChI=1S/C59H47N.C7H8/c1-39-16-8-11-21-49(39)53-35-44(27-26-41(53)3)46-30-32-58-55(37-46)51-23-13-14-24-52(51)56-38-47(31-33-59(56)60(58)57-25-15-10-18-42(57)4)45-28-29-48(34-43-19-6-5-7-20-43)54(36-45)50-22-12-9-17-40(50)2;1-7-5-3-2-4-6-7/h5-33,35-38H,34H2,1-4H3;2-6H,1H3. The molecule has 0 N–H and O–H groups in total. The predicted molar refractivity (Wildman–Crippen MR) is 287 cm³/mol. The first-order chi connectivity index (χ1) is 32.8. The Morgan fingerprint density at radius 3 is 1.19 bits per heavy atom. The highest BCUT2D eigenvalue weighted by atomic mass is 15.2. The summed E-state index contributed by atoms with van der Waals surface area (Å²) in [6, 6.07) is 84.5. The van der Waals surface area contributed by atoms with Crippen LogP contribution in [0.1, 0.15) is 38.9 Å². The number of nitrogens with zero attached hydrogens (tertiary/aromatic N) is 1. The minimum atomic E-state index is 0.879. The first kappa shape index (κ1) is 42.9. The van der Waals surface area contributed by atoms with Gasteiger partial charge in [-0.1, -0.05) is 194 Å². The molecule has 10 aromatic rings. The maximum atomic E-state index is 2.49. The quantitative estimate of drug-likeness (QED) is 0.154. The van der Waals surface area contributed by atoms with Gasteiger partial charge in [0.1, 0.15) is 0 Å². The number of fused-ring (bicyclic) bond motifs is 5. The number of anilines is 3. The molecule has 0 bridgehead atoms. The van der Waals surface area contributed by atoms with Crippen LogP contribution in [0.2, 0.25) is 0 Å². The van der Waals surface area contributed by atoms with Crippen LogP contribution in [-0.4, -0.2) is 0 Å². The predicted octanol–water partition coefficient (Wildman–Crippen LogP) is 18.3. The Bertz CT molecular complexity index is 3380. The molecule has 0 atom stereocenters. The van der Waals surface area contributed by atoms with Gasteiger partial charge in [-0.3, -0.25) is 0 Å². The second-order valence-corrected chi connectivity index (χ2v) is 18.0. The summed E-state index contributed by atoms with van der Waals surface area (Å²) in [5.41, 5.74) is 27.4. The molecule has 0 unspecified atom stereocenters. The van der Waals surface area contributed by atoms with Crippen molar-refractivity contribution in [2.75, 3.05) is 4.90 Å². The van der Waals surface area contributed by atoms with E-state index in [4.69, 9.17) is 0 Å². The van der Waals surface area contributed by atoms with Crippen LogP contribution in [0.15, 0.2) is 231 Å². The van der Waals surface area contributed by atoms with Crippen LogP contribution in [0.5, 0.6) is 0 Å². The molecule has 67 heavy (non-hydrogen) atoms. The van der Waals surface area contributed by atoms with Crippen molar-refractivity contribution in [3.8, 4) is 66.8 Å². The molecule has 1 heterocycles. The lowest BCUT2D eigenvalue weighted by atomic mass is 9.88. The van der Waals surface area contributed by atoms with Crippen molar-refractivity contribution in [2.45, 2.75) is 41.0 Å². The highest BCUT2D eigenvalue weighted by Gasteiger charge is 2.28. The molecule has 1 aliphatic rings. The number of hydrogen-bond donors (Lipinski definition) is 0. The Kier molecular flexibility index (Phi) is 12.1. The van der Waals surface area contributed by atoms with Gasteiger partial charge in [0.15, 0.2) is 0 Å². The molecule has 0 amide bonds. The molecule has 0 spiro atoms. The molecule has 0 radical (unpaired) electrons.